The predicted octanol–water partition coefficient (Wildman–Crippen LogP) is -0.677. The van der Waals surface area contributed by atoms with E-state index in [9.17, 15) is 14.7 Å². The van der Waals surface area contributed by atoms with Crippen molar-refractivity contribution < 1.29 is 14.7 Å². The van der Waals surface area contributed by atoms with Crippen molar-refractivity contribution in [3.63, 3.8) is 0 Å². The van der Waals surface area contributed by atoms with Crippen LogP contribution in [0.25, 0.3) is 0 Å². The quantitative estimate of drug-likeness (QED) is 0.577. The zero-order chi connectivity index (χ0) is 14.1. The molecule has 20 heavy (non-hydrogen) atoms. The Morgan fingerprint density at radius 3 is 2.40 bits per heavy atom. The molecule has 0 aromatic carbocycles. The number of nitrogens with one attached hydrogen (secondary N) is 1. The first-order valence-electron chi connectivity index (χ1n) is 7.67. The van der Waals surface area contributed by atoms with Crippen molar-refractivity contribution in [1.29, 1.82) is 0 Å². The molecule has 0 aromatic heterocycles. The fourth-order valence-corrected chi connectivity index (χ4v) is 3.77. The SMILES string of the molecule is O=C(C(=O)N1C2CCC1CC(O)C2)N1CCCNCC1. The minimum atomic E-state index is -0.359. The third kappa shape index (κ3) is 2.54. The van der Waals surface area contributed by atoms with Crippen LogP contribution in [0.1, 0.15) is 32.1 Å². The highest BCUT2D eigenvalue weighted by molar-refractivity contribution is 6.35. The molecule has 3 fully saturated rings. The van der Waals surface area contributed by atoms with E-state index in [4.69, 9.17) is 0 Å². The summed E-state index contributed by atoms with van der Waals surface area (Å²) >= 11 is 0. The maximum absolute atomic E-state index is 12.5. The molecule has 2 atom stereocenters. The minimum absolute atomic E-state index is 0.0605. The topological polar surface area (TPSA) is 72.9 Å². The number of carbonyl (C=O) groups is 2. The van der Waals surface area contributed by atoms with Crippen LogP contribution in [0.4, 0.5) is 0 Å². The summed E-state index contributed by atoms with van der Waals surface area (Å²) in [5, 5.41) is 13.0. The molecule has 112 valence electrons. The van der Waals surface area contributed by atoms with Gasteiger partial charge >= 0.3 is 11.8 Å². The Bertz CT molecular complexity index is 379. The summed E-state index contributed by atoms with van der Waals surface area (Å²) in [6.45, 7) is 2.92. The molecule has 0 radical (unpaired) electrons. The lowest BCUT2D eigenvalue weighted by atomic mass is 10.00. The molecule has 2 N–H and O–H groups in total. The summed E-state index contributed by atoms with van der Waals surface area (Å²) in [6.07, 6.45) is 3.66. The first-order chi connectivity index (χ1) is 9.66. The largest absolute Gasteiger partial charge is 0.393 e. The minimum Gasteiger partial charge on any atom is -0.393 e. The molecule has 3 saturated heterocycles. The smallest absolute Gasteiger partial charge is 0.312 e. The predicted molar refractivity (Wildman–Crippen MR) is 73.0 cm³/mol. The molecule has 2 unspecified atom stereocenters. The van der Waals surface area contributed by atoms with E-state index in [1.807, 2.05) is 0 Å². The molecule has 6 nitrogen and oxygen atoms in total. The number of piperidine rings is 1. The van der Waals surface area contributed by atoms with E-state index >= 15 is 0 Å². The Morgan fingerprint density at radius 2 is 1.70 bits per heavy atom. The van der Waals surface area contributed by atoms with Crippen molar-refractivity contribution >= 4 is 11.8 Å². The van der Waals surface area contributed by atoms with E-state index in [2.05, 4.69) is 5.32 Å². The summed E-state index contributed by atoms with van der Waals surface area (Å²) in [5.74, 6) is -0.715. The molecule has 0 aromatic rings. The van der Waals surface area contributed by atoms with E-state index in [-0.39, 0.29) is 30.0 Å². The van der Waals surface area contributed by atoms with Crippen LogP contribution in [-0.2, 0) is 9.59 Å². The lowest BCUT2D eigenvalue weighted by Crippen LogP contribution is -2.54. The molecule has 2 amide bonds. The van der Waals surface area contributed by atoms with Crippen molar-refractivity contribution in [1.82, 2.24) is 15.1 Å². The van der Waals surface area contributed by atoms with Crippen LogP contribution in [0, 0.1) is 0 Å². The highest BCUT2D eigenvalue weighted by Gasteiger charge is 2.45. The van der Waals surface area contributed by atoms with Gasteiger partial charge in [-0.05, 0) is 38.6 Å². The van der Waals surface area contributed by atoms with Gasteiger partial charge in [-0.25, -0.2) is 0 Å². The fourth-order valence-electron chi connectivity index (χ4n) is 3.77. The first-order valence-corrected chi connectivity index (χ1v) is 7.67. The van der Waals surface area contributed by atoms with Crippen LogP contribution in [0.15, 0.2) is 0 Å². The van der Waals surface area contributed by atoms with Gasteiger partial charge in [-0.1, -0.05) is 0 Å². The molecule has 3 aliphatic heterocycles. The third-order valence-corrected chi connectivity index (χ3v) is 4.75. The van der Waals surface area contributed by atoms with Crippen LogP contribution in [-0.4, -0.2) is 71.1 Å². The van der Waals surface area contributed by atoms with Gasteiger partial charge in [0.05, 0.1) is 6.10 Å². The Kier molecular flexibility index (Phi) is 3.94. The number of hydrogen-bond donors (Lipinski definition) is 2. The standard InChI is InChI=1S/C14H23N3O3/c18-12-8-10-2-3-11(9-12)17(10)14(20)13(19)16-6-1-4-15-5-7-16/h10-12,15,18H,1-9H2. The second-order valence-electron chi connectivity index (χ2n) is 6.12. The average molecular weight is 281 g/mol. The average Bonchev–Trinajstić information content (AvgIpc) is 2.65. The molecule has 3 rings (SSSR count). The van der Waals surface area contributed by atoms with Crippen molar-refractivity contribution in [2.24, 2.45) is 0 Å². The third-order valence-electron chi connectivity index (χ3n) is 4.75. The molecular weight excluding hydrogens is 258 g/mol. The maximum Gasteiger partial charge on any atom is 0.312 e. The van der Waals surface area contributed by atoms with E-state index < -0.39 is 0 Å². The van der Waals surface area contributed by atoms with Gasteiger partial charge in [-0.2, -0.15) is 0 Å². The monoisotopic (exact) mass is 281 g/mol. The lowest BCUT2D eigenvalue weighted by molar-refractivity contribution is -0.155. The number of amides is 2. The number of aliphatic hydroxyl groups excluding tert-OH is 1. The number of hydrogen-bond acceptors (Lipinski definition) is 4. The molecule has 2 bridgehead atoms. The van der Waals surface area contributed by atoms with E-state index in [0.29, 0.717) is 25.9 Å². The van der Waals surface area contributed by atoms with Gasteiger partial charge in [0.1, 0.15) is 0 Å². The summed E-state index contributed by atoms with van der Waals surface area (Å²) < 4.78 is 0. The van der Waals surface area contributed by atoms with Gasteiger partial charge in [0.15, 0.2) is 0 Å². The van der Waals surface area contributed by atoms with Gasteiger partial charge in [-0.3, -0.25) is 9.59 Å². The number of fused-ring (bicyclic) bond motifs is 2. The lowest BCUT2D eigenvalue weighted by Gasteiger charge is -2.37. The summed E-state index contributed by atoms with van der Waals surface area (Å²) in [7, 11) is 0. The number of nitrogens with zero attached hydrogens (tertiary/aromatic N) is 2. The van der Waals surface area contributed by atoms with Crippen LogP contribution in [0.5, 0.6) is 0 Å². The summed E-state index contributed by atoms with van der Waals surface area (Å²) in [6, 6.07) is 0.121. The Labute approximate surface area is 119 Å². The molecule has 3 aliphatic rings. The van der Waals surface area contributed by atoms with E-state index in [1.54, 1.807) is 9.80 Å². The summed E-state index contributed by atoms with van der Waals surface area (Å²) in [5.41, 5.74) is 0. The Balaban J connectivity index is 1.67. The Hall–Kier alpha value is -1.14. The fraction of sp³-hybridized carbons (Fsp3) is 0.857. The molecule has 0 spiro atoms. The van der Waals surface area contributed by atoms with Gasteiger partial charge < -0.3 is 20.2 Å². The van der Waals surface area contributed by atoms with Crippen LogP contribution >= 0.6 is 0 Å². The normalized spacial score (nSPS) is 34.0. The van der Waals surface area contributed by atoms with Gasteiger partial charge in [0, 0.05) is 31.7 Å². The molecule has 3 heterocycles. The summed E-state index contributed by atoms with van der Waals surface area (Å²) in [4.78, 5) is 28.3. The zero-order valence-electron chi connectivity index (χ0n) is 11.8. The van der Waals surface area contributed by atoms with Crippen molar-refractivity contribution in [2.45, 2.75) is 50.3 Å². The zero-order valence-corrected chi connectivity index (χ0v) is 11.8. The number of carbonyl (C=O) groups excluding carboxylic acids is 2. The van der Waals surface area contributed by atoms with Crippen LogP contribution < -0.4 is 5.32 Å². The second kappa shape index (κ2) is 5.69. The van der Waals surface area contributed by atoms with Crippen LogP contribution in [0.2, 0.25) is 0 Å². The molecule has 0 aliphatic carbocycles. The highest BCUT2D eigenvalue weighted by atomic mass is 16.3. The second-order valence-corrected chi connectivity index (χ2v) is 6.12. The van der Waals surface area contributed by atoms with Crippen molar-refractivity contribution in [2.75, 3.05) is 26.2 Å². The van der Waals surface area contributed by atoms with E-state index in [0.717, 1.165) is 32.4 Å². The van der Waals surface area contributed by atoms with Crippen molar-refractivity contribution in [3.05, 3.63) is 0 Å². The molecular formula is C14H23N3O3. The van der Waals surface area contributed by atoms with Crippen LogP contribution in [0.3, 0.4) is 0 Å². The van der Waals surface area contributed by atoms with E-state index in [1.165, 1.54) is 0 Å². The molecule has 6 heteroatoms. The maximum atomic E-state index is 12.5. The first kappa shape index (κ1) is 13.8. The molecule has 0 saturated carbocycles. The number of aliphatic hydroxyl groups is 1. The van der Waals surface area contributed by atoms with Gasteiger partial charge in [-0.15, -0.1) is 0 Å². The Morgan fingerprint density at radius 1 is 1.00 bits per heavy atom. The highest BCUT2D eigenvalue weighted by Crippen LogP contribution is 2.35. The number of rotatable bonds is 0. The van der Waals surface area contributed by atoms with Gasteiger partial charge in [0.2, 0.25) is 0 Å². The van der Waals surface area contributed by atoms with Gasteiger partial charge in [0.25, 0.3) is 0 Å². The van der Waals surface area contributed by atoms with Crippen molar-refractivity contribution in [3.8, 4) is 0 Å².